The Hall–Kier alpha value is -2.83. The second-order valence-corrected chi connectivity index (χ2v) is 4.69. The summed E-state index contributed by atoms with van der Waals surface area (Å²) in [5, 5.41) is 15.5. The lowest BCUT2D eigenvalue weighted by atomic mass is 10.1. The van der Waals surface area contributed by atoms with Crippen molar-refractivity contribution >= 4 is 17.7 Å². The minimum Gasteiger partial charge on any atom is -0.480 e. The van der Waals surface area contributed by atoms with Crippen molar-refractivity contribution in [2.75, 3.05) is 4.90 Å². The third-order valence-electron chi connectivity index (χ3n) is 3.39. The highest BCUT2D eigenvalue weighted by molar-refractivity contribution is 6.00. The van der Waals surface area contributed by atoms with Crippen LogP contribution in [0.15, 0.2) is 41.1 Å². The van der Waals surface area contributed by atoms with E-state index in [1.165, 1.54) is 11.1 Å². The largest absolute Gasteiger partial charge is 0.480 e. The molecule has 2 amide bonds. The molecule has 3 rings (SSSR count). The van der Waals surface area contributed by atoms with E-state index in [1.54, 1.807) is 18.2 Å². The van der Waals surface area contributed by atoms with Crippen LogP contribution in [0.2, 0.25) is 0 Å². The van der Waals surface area contributed by atoms with Crippen LogP contribution in [0.3, 0.4) is 0 Å². The first-order valence-corrected chi connectivity index (χ1v) is 6.44. The van der Waals surface area contributed by atoms with E-state index >= 15 is 0 Å². The number of carbonyl (C=O) groups excluding carboxylic acids is 1. The molecular formula is C14H13N3O4. The average molecular weight is 287 g/mol. The molecule has 21 heavy (non-hydrogen) atoms. The lowest BCUT2D eigenvalue weighted by Gasteiger charge is -2.22. The molecule has 1 aliphatic rings. The number of carboxylic acid groups (broad SMARTS) is 1. The van der Waals surface area contributed by atoms with Gasteiger partial charge in [-0.1, -0.05) is 23.4 Å². The van der Waals surface area contributed by atoms with E-state index in [4.69, 9.17) is 4.52 Å². The predicted octanol–water partition coefficient (Wildman–Crippen LogP) is 1.40. The Kier molecular flexibility index (Phi) is 3.31. The number of hydrogen-bond acceptors (Lipinski definition) is 4. The number of benzene rings is 1. The van der Waals surface area contributed by atoms with Crippen molar-refractivity contribution in [1.82, 2.24) is 10.5 Å². The van der Waals surface area contributed by atoms with Gasteiger partial charge in [0.25, 0.3) is 0 Å². The number of anilines is 1. The van der Waals surface area contributed by atoms with Crippen molar-refractivity contribution in [2.45, 2.75) is 19.0 Å². The highest BCUT2D eigenvalue weighted by atomic mass is 16.5. The summed E-state index contributed by atoms with van der Waals surface area (Å²) in [6.45, 7) is 0.157. The van der Waals surface area contributed by atoms with Crippen molar-refractivity contribution in [1.29, 1.82) is 0 Å². The number of fused-ring (bicyclic) bond motifs is 1. The number of urea groups is 1. The second-order valence-electron chi connectivity index (χ2n) is 4.69. The summed E-state index contributed by atoms with van der Waals surface area (Å²) in [7, 11) is 0. The highest BCUT2D eigenvalue weighted by Crippen LogP contribution is 2.32. The molecule has 2 N–H and O–H groups in total. The van der Waals surface area contributed by atoms with E-state index in [1.807, 2.05) is 12.1 Å². The number of carbonyl (C=O) groups is 2. The van der Waals surface area contributed by atoms with Gasteiger partial charge in [-0.05, 0) is 11.6 Å². The van der Waals surface area contributed by atoms with Crippen molar-refractivity contribution in [3.05, 3.63) is 47.9 Å². The molecule has 1 unspecified atom stereocenters. The van der Waals surface area contributed by atoms with Crippen LogP contribution in [-0.2, 0) is 17.8 Å². The zero-order valence-electron chi connectivity index (χ0n) is 11.0. The molecule has 0 aliphatic carbocycles. The van der Waals surface area contributed by atoms with Crippen molar-refractivity contribution in [3.8, 4) is 0 Å². The Balaban J connectivity index is 1.80. The van der Waals surface area contributed by atoms with Crippen molar-refractivity contribution in [2.24, 2.45) is 0 Å². The Morgan fingerprint density at radius 1 is 1.38 bits per heavy atom. The number of aliphatic carboxylic acids is 1. The number of nitrogens with one attached hydrogen (secondary N) is 1. The quantitative estimate of drug-likeness (QED) is 0.889. The molecular weight excluding hydrogens is 274 g/mol. The van der Waals surface area contributed by atoms with Gasteiger partial charge in [-0.25, -0.2) is 9.59 Å². The van der Waals surface area contributed by atoms with Gasteiger partial charge in [-0.2, -0.15) is 0 Å². The van der Waals surface area contributed by atoms with Gasteiger partial charge < -0.3 is 14.9 Å². The molecule has 108 valence electrons. The molecule has 0 radical (unpaired) electrons. The Labute approximate surface area is 120 Å². The van der Waals surface area contributed by atoms with Gasteiger partial charge in [0.2, 0.25) is 0 Å². The maximum Gasteiger partial charge on any atom is 0.327 e. The first kappa shape index (κ1) is 13.2. The van der Waals surface area contributed by atoms with Crippen molar-refractivity contribution in [3.63, 3.8) is 0 Å². The van der Waals surface area contributed by atoms with E-state index in [0.29, 0.717) is 17.9 Å². The summed E-state index contributed by atoms with van der Waals surface area (Å²) in [5.41, 5.74) is 1.47. The first-order chi connectivity index (χ1) is 10.2. The van der Waals surface area contributed by atoms with Crippen LogP contribution >= 0.6 is 0 Å². The van der Waals surface area contributed by atoms with Gasteiger partial charge in [0.1, 0.15) is 6.04 Å². The Morgan fingerprint density at radius 2 is 2.19 bits per heavy atom. The van der Waals surface area contributed by atoms with Gasteiger partial charge in [0, 0.05) is 18.2 Å². The van der Waals surface area contributed by atoms with Crippen LogP contribution in [-0.4, -0.2) is 28.3 Å². The summed E-state index contributed by atoms with van der Waals surface area (Å²) in [6, 6.07) is 7.45. The van der Waals surface area contributed by atoms with Crippen LogP contribution in [0, 0.1) is 0 Å². The molecule has 0 bridgehead atoms. The number of aromatic nitrogens is 1. The van der Waals surface area contributed by atoms with Crippen LogP contribution in [0.4, 0.5) is 10.5 Å². The number of rotatable bonds is 3. The third kappa shape index (κ3) is 2.45. The third-order valence-corrected chi connectivity index (χ3v) is 3.39. The van der Waals surface area contributed by atoms with Gasteiger partial charge in [-0.15, -0.1) is 0 Å². The van der Waals surface area contributed by atoms with E-state index in [9.17, 15) is 14.7 Å². The number of para-hydroxylation sites is 1. The van der Waals surface area contributed by atoms with E-state index in [2.05, 4.69) is 10.5 Å². The smallest absolute Gasteiger partial charge is 0.327 e. The summed E-state index contributed by atoms with van der Waals surface area (Å²) in [6.07, 6.45) is 1.79. The first-order valence-electron chi connectivity index (χ1n) is 6.44. The van der Waals surface area contributed by atoms with Crippen LogP contribution in [0.25, 0.3) is 0 Å². The molecule has 1 atom stereocenters. The fraction of sp³-hybridized carbons (Fsp3) is 0.214. The summed E-state index contributed by atoms with van der Waals surface area (Å²) >= 11 is 0. The summed E-state index contributed by atoms with van der Waals surface area (Å²) in [4.78, 5) is 24.9. The van der Waals surface area contributed by atoms with Gasteiger partial charge in [-0.3, -0.25) is 4.90 Å². The standard InChI is InChI=1S/C14H13N3O4/c18-13(19)12-7-9-3-1-2-4-11(9)17(12)14(20)15-8-10-5-6-16-21-10/h1-6,12H,7-8H2,(H,15,20)(H,18,19). The molecule has 0 saturated carbocycles. The zero-order chi connectivity index (χ0) is 14.8. The molecule has 0 fully saturated rings. The Bertz CT molecular complexity index is 669. The minimum atomic E-state index is -1.03. The topological polar surface area (TPSA) is 95.7 Å². The van der Waals surface area contributed by atoms with Crippen LogP contribution < -0.4 is 10.2 Å². The number of amides is 2. The van der Waals surface area contributed by atoms with Crippen LogP contribution in [0.1, 0.15) is 11.3 Å². The molecule has 2 heterocycles. The lowest BCUT2D eigenvalue weighted by Crippen LogP contribution is -2.47. The molecule has 2 aromatic rings. The van der Waals surface area contributed by atoms with E-state index in [0.717, 1.165) is 5.56 Å². The van der Waals surface area contributed by atoms with Gasteiger partial charge in [0.15, 0.2) is 5.76 Å². The number of carboxylic acids is 1. The van der Waals surface area contributed by atoms with E-state index < -0.39 is 18.0 Å². The summed E-state index contributed by atoms with van der Waals surface area (Å²) < 4.78 is 4.89. The highest BCUT2D eigenvalue weighted by Gasteiger charge is 2.38. The average Bonchev–Trinajstić information content (AvgIpc) is 3.11. The molecule has 1 aromatic heterocycles. The van der Waals surface area contributed by atoms with E-state index in [-0.39, 0.29) is 6.54 Å². The zero-order valence-corrected chi connectivity index (χ0v) is 11.0. The molecule has 7 heteroatoms. The second kappa shape index (κ2) is 5.28. The fourth-order valence-corrected chi connectivity index (χ4v) is 2.42. The number of hydrogen-bond donors (Lipinski definition) is 2. The fourth-order valence-electron chi connectivity index (χ4n) is 2.42. The predicted molar refractivity (Wildman–Crippen MR) is 72.8 cm³/mol. The maximum absolute atomic E-state index is 12.3. The molecule has 1 aromatic carbocycles. The lowest BCUT2D eigenvalue weighted by molar-refractivity contribution is -0.138. The molecule has 7 nitrogen and oxygen atoms in total. The summed E-state index contributed by atoms with van der Waals surface area (Å²) in [5.74, 6) is -0.524. The molecule has 1 aliphatic heterocycles. The number of nitrogens with zero attached hydrogens (tertiary/aromatic N) is 2. The Morgan fingerprint density at radius 3 is 2.90 bits per heavy atom. The van der Waals surface area contributed by atoms with Crippen molar-refractivity contribution < 1.29 is 19.2 Å². The minimum absolute atomic E-state index is 0.157. The molecule has 0 saturated heterocycles. The van der Waals surface area contributed by atoms with Crippen LogP contribution in [0.5, 0.6) is 0 Å². The normalized spacial score (nSPS) is 16.6. The maximum atomic E-state index is 12.3. The van der Waals surface area contributed by atoms with Gasteiger partial charge in [0.05, 0.1) is 12.7 Å². The SMILES string of the molecule is O=C(O)C1Cc2ccccc2N1C(=O)NCc1ccno1. The van der Waals surface area contributed by atoms with Gasteiger partial charge >= 0.3 is 12.0 Å². The molecule has 0 spiro atoms. The monoisotopic (exact) mass is 287 g/mol.